The third kappa shape index (κ3) is 51.2. The van der Waals surface area contributed by atoms with Gasteiger partial charge in [-0.3, -0.25) is 14.4 Å². The highest BCUT2D eigenvalue weighted by Crippen LogP contribution is 2.13. The zero-order chi connectivity index (χ0) is 47.2. The Labute approximate surface area is 400 Å². The van der Waals surface area contributed by atoms with Crippen LogP contribution in [0, 0.1) is 0 Å². The van der Waals surface area contributed by atoms with Crippen LogP contribution in [0.1, 0.15) is 239 Å². The second-order valence-corrected chi connectivity index (χ2v) is 17.4. The average molecular weight is 903 g/mol. The van der Waals surface area contributed by atoms with Gasteiger partial charge in [0.1, 0.15) is 13.2 Å². The number of ether oxygens (including phenoxy) is 3. The standard InChI is InChI=1S/C59H98O6/c1-4-7-10-13-16-19-22-25-28-29-30-31-32-35-37-40-43-46-49-52-58(61)64-55-56(65-59(62)53-50-47-44-41-38-34-27-24-21-18-15-12-9-6-3)54-63-57(60)51-48-45-42-39-36-33-26-23-20-17-14-11-8-5-2/h7,10,16,19,23-28,30-31,35,37,43,46,56H,4-6,8-9,11-15,17-18,20-22,29,32-34,36,38-42,44-45,47-55H2,1-3H3/b10-7+,19-16+,26-23+,27-24+,28-25+,31-30+,37-35+,46-43+/t56-/m1/s1. The van der Waals surface area contributed by atoms with Crippen molar-refractivity contribution in [3.05, 3.63) is 97.2 Å². The summed E-state index contributed by atoms with van der Waals surface area (Å²) in [5, 5.41) is 0. The minimum Gasteiger partial charge on any atom is -0.462 e. The molecule has 0 rings (SSSR count). The molecule has 370 valence electrons. The molecule has 0 aromatic heterocycles. The third-order valence-corrected chi connectivity index (χ3v) is 11.1. The first-order chi connectivity index (χ1) is 32.0. The third-order valence-electron chi connectivity index (χ3n) is 11.1. The van der Waals surface area contributed by atoms with Crippen LogP contribution in [-0.4, -0.2) is 37.2 Å². The molecule has 0 radical (unpaired) electrons. The van der Waals surface area contributed by atoms with Crippen LogP contribution in [-0.2, 0) is 28.6 Å². The zero-order valence-electron chi connectivity index (χ0n) is 42.2. The smallest absolute Gasteiger partial charge is 0.306 e. The summed E-state index contributed by atoms with van der Waals surface area (Å²) in [6.07, 6.45) is 69.7. The summed E-state index contributed by atoms with van der Waals surface area (Å²) in [7, 11) is 0. The van der Waals surface area contributed by atoms with Gasteiger partial charge in [-0.15, -0.1) is 0 Å². The largest absolute Gasteiger partial charge is 0.462 e. The molecule has 1 atom stereocenters. The number of rotatable bonds is 47. The van der Waals surface area contributed by atoms with E-state index in [1.54, 1.807) is 0 Å². The molecule has 0 amide bonds. The summed E-state index contributed by atoms with van der Waals surface area (Å²) >= 11 is 0. The van der Waals surface area contributed by atoms with Crippen molar-refractivity contribution < 1.29 is 28.6 Å². The Morgan fingerprint density at radius 3 is 1.03 bits per heavy atom. The Morgan fingerprint density at radius 1 is 0.323 bits per heavy atom. The van der Waals surface area contributed by atoms with E-state index in [0.29, 0.717) is 19.3 Å². The Morgan fingerprint density at radius 2 is 0.631 bits per heavy atom. The lowest BCUT2D eigenvalue weighted by Gasteiger charge is -2.18. The van der Waals surface area contributed by atoms with E-state index in [-0.39, 0.29) is 37.5 Å². The molecule has 0 fully saturated rings. The van der Waals surface area contributed by atoms with E-state index in [1.165, 1.54) is 89.9 Å². The molecule has 0 aliphatic heterocycles. The fourth-order valence-electron chi connectivity index (χ4n) is 7.04. The van der Waals surface area contributed by atoms with E-state index in [4.69, 9.17) is 14.2 Å². The Bertz CT molecular complexity index is 1310. The molecule has 65 heavy (non-hydrogen) atoms. The average Bonchev–Trinajstić information content (AvgIpc) is 3.30. The topological polar surface area (TPSA) is 78.9 Å². The van der Waals surface area contributed by atoms with Crippen molar-refractivity contribution in [2.45, 2.75) is 245 Å². The lowest BCUT2D eigenvalue weighted by Crippen LogP contribution is -2.30. The molecule has 0 aromatic rings. The molecular formula is C59H98O6. The number of hydrogen-bond acceptors (Lipinski definition) is 6. The first-order valence-electron chi connectivity index (χ1n) is 26.7. The van der Waals surface area contributed by atoms with E-state index in [1.807, 2.05) is 6.08 Å². The Balaban J connectivity index is 4.52. The van der Waals surface area contributed by atoms with Crippen molar-refractivity contribution in [1.82, 2.24) is 0 Å². The molecular weight excluding hydrogens is 805 g/mol. The van der Waals surface area contributed by atoms with Crippen LogP contribution in [0.3, 0.4) is 0 Å². The number of allylic oxidation sites excluding steroid dienone is 16. The van der Waals surface area contributed by atoms with E-state index in [2.05, 4.69) is 112 Å². The van der Waals surface area contributed by atoms with Gasteiger partial charge in [0.15, 0.2) is 6.10 Å². The summed E-state index contributed by atoms with van der Waals surface area (Å²) in [4.78, 5) is 38.0. The maximum atomic E-state index is 12.8. The molecule has 0 saturated carbocycles. The first-order valence-corrected chi connectivity index (χ1v) is 26.7. The molecule has 0 aliphatic rings. The van der Waals surface area contributed by atoms with Crippen molar-refractivity contribution in [3.63, 3.8) is 0 Å². The van der Waals surface area contributed by atoms with Crippen molar-refractivity contribution in [3.8, 4) is 0 Å². The molecule has 0 spiro atoms. The Hall–Kier alpha value is -3.67. The Kier molecular flexibility index (Phi) is 50.0. The maximum absolute atomic E-state index is 12.8. The van der Waals surface area contributed by atoms with E-state index in [9.17, 15) is 14.4 Å². The number of carbonyl (C=O) groups is 3. The van der Waals surface area contributed by atoms with Crippen molar-refractivity contribution in [2.24, 2.45) is 0 Å². The maximum Gasteiger partial charge on any atom is 0.306 e. The van der Waals surface area contributed by atoms with Gasteiger partial charge < -0.3 is 14.2 Å². The highest BCUT2D eigenvalue weighted by atomic mass is 16.6. The van der Waals surface area contributed by atoms with Crippen molar-refractivity contribution in [1.29, 1.82) is 0 Å². The molecule has 0 aromatic carbocycles. The van der Waals surface area contributed by atoms with Crippen LogP contribution < -0.4 is 0 Å². The molecule has 0 bridgehead atoms. The monoisotopic (exact) mass is 903 g/mol. The predicted molar refractivity (Wildman–Crippen MR) is 279 cm³/mol. The molecule has 0 aliphatic carbocycles. The molecule has 0 unspecified atom stereocenters. The van der Waals surface area contributed by atoms with E-state index in [0.717, 1.165) is 103 Å². The lowest BCUT2D eigenvalue weighted by atomic mass is 10.1. The quantitative estimate of drug-likeness (QED) is 0.0262. The van der Waals surface area contributed by atoms with Gasteiger partial charge in [-0.25, -0.2) is 0 Å². The molecule has 0 saturated heterocycles. The lowest BCUT2D eigenvalue weighted by molar-refractivity contribution is -0.166. The SMILES string of the molecule is CC/C=C/C/C=C/C/C=C/C/C=C/C/C=C/C/C=C/CCC(=O)OC[C@@H](COC(=O)CCCCCCC/C=C/CCCCCCC)OC(=O)CCCCCCC/C=C/CCCCCCC. The zero-order valence-corrected chi connectivity index (χ0v) is 42.2. The van der Waals surface area contributed by atoms with Gasteiger partial charge in [-0.1, -0.05) is 208 Å². The normalized spacial score (nSPS) is 12.8. The summed E-state index contributed by atoms with van der Waals surface area (Å²) in [6, 6.07) is 0. The van der Waals surface area contributed by atoms with Crippen molar-refractivity contribution >= 4 is 17.9 Å². The number of carbonyl (C=O) groups excluding carboxylic acids is 3. The van der Waals surface area contributed by atoms with E-state index >= 15 is 0 Å². The van der Waals surface area contributed by atoms with Crippen LogP contribution in [0.25, 0.3) is 0 Å². The van der Waals surface area contributed by atoms with Crippen LogP contribution in [0.4, 0.5) is 0 Å². The minimum atomic E-state index is -0.816. The van der Waals surface area contributed by atoms with Gasteiger partial charge in [0.2, 0.25) is 0 Å². The summed E-state index contributed by atoms with van der Waals surface area (Å²) < 4.78 is 16.7. The van der Waals surface area contributed by atoms with Gasteiger partial charge in [0.05, 0.1) is 0 Å². The molecule has 6 heteroatoms. The molecule has 6 nitrogen and oxygen atoms in total. The first kappa shape index (κ1) is 61.3. The van der Waals surface area contributed by atoms with Gasteiger partial charge in [0, 0.05) is 19.3 Å². The highest BCUT2D eigenvalue weighted by molar-refractivity contribution is 5.71. The number of unbranched alkanes of at least 4 members (excludes halogenated alkanes) is 20. The molecule has 0 heterocycles. The number of hydrogen-bond donors (Lipinski definition) is 0. The van der Waals surface area contributed by atoms with Gasteiger partial charge in [-0.05, 0) is 109 Å². The van der Waals surface area contributed by atoms with Crippen molar-refractivity contribution in [2.75, 3.05) is 13.2 Å². The second-order valence-electron chi connectivity index (χ2n) is 17.4. The van der Waals surface area contributed by atoms with Gasteiger partial charge >= 0.3 is 17.9 Å². The summed E-state index contributed by atoms with van der Waals surface area (Å²) in [6.45, 7) is 6.42. The fourth-order valence-corrected chi connectivity index (χ4v) is 7.04. The van der Waals surface area contributed by atoms with Gasteiger partial charge in [-0.2, -0.15) is 0 Å². The van der Waals surface area contributed by atoms with Crippen LogP contribution in [0.5, 0.6) is 0 Å². The molecule has 0 N–H and O–H groups in total. The van der Waals surface area contributed by atoms with Gasteiger partial charge in [0.25, 0.3) is 0 Å². The van der Waals surface area contributed by atoms with Crippen LogP contribution in [0.15, 0.2) is 97.2 Å². The minimum absolute atomic E-state index is 0.109. The fraction of sp³-hybridized carbons (Fsp3) is 0.678. The number of esters is 3. The summed E-state index contributed by atoms with van der Waals surface area (Å²) in [5.41, 5.74) is 0. The predicted octanol–water partition coefficient (Wildman–Crippen LogP) is 17.8. The second kappa shape index (κ2) is 52.9. The van der Waals surface area contributed by atoms with Crippen LogP contribution >= 0.6 is 0 Å². The highest BCUT2D eigenvalue weighted by Gasteiger charge is 2.19. The van der Waals surface area contributed by atoms with Crippen LogP contribution in [0.2, 0.25) is 0 Å². The van der Waals surface area contributed by atoms with E-state index < -0.39 is 6.10 Å². The summed E-state index contributed by atoms with van der Waals surface area (Å²) in [5.74, 6) is -1.01.